The maximum atomic E-state index is 12.4. The molecule has 0 aliphatic heterocycles. The maximum absolute atomic E-state index is 12.4. The summed E-state index contributed by atoms with van der Waals surface area (Å²) in [6.45, 7) is 2.12. The van der Waals surface area contributed by atoms with Crippen molar-refractivity contribution in [1.82, 2.24) is 0 Å². The summed E-state index contributed by atoms with van der Waals surface area (Å²) in [6, 6.07) is 3.92. The molecule has 0 spiro atoms. The molecular weight excluding hydrogens is 320 g/mol. The van der Waals surface area contributed by atoms with Gasteiger partial charge in [-0.05, 0) is 36.3 Å². The number of carbonyl (C=O) groups excluding carboxylic acids is 1. The quantitative estimate of drug-likeness (QED) is 0.540. The normalized spacial score (nSPS) is 14.0. The predicted molar refractivity (Wildman–Crippen MR) is 102 cm³/mol. The Kier molecular flexibility index (Phi) is 6.50. The summed E-state index contributed by atoms with van der Waals surface area (Å²) in [4.78, 5) is 13.2. The third-order valence-electron chi connectivity index (χ3n) is 3.84. The third-order valence-corrected chi connectivity index (χ3v) is 4.14. The molecule has 24 heavy (non-hydrogen) atoms. The fraction of sp³-hybridized carbons (Fsp3) is 0.300. The van der Waals surface area contributed by atoms with Gasteiger partial charge in [-0.3, -0.25) is 4.79 Å². The summed E-state index contributed by atoms with van der Waals surface area (Å²) in [5.41, 5.74) is 2.55. The zero-order valence-corrected chi connectivity index (χ0v) is 15.1. The average molecular weight is 342 g/mol. The van der Waals surface area contributed by atoms with E-state index in [2.05, 4.69) is 6.92 Å². The Labute approximate surface area is 148 Å². The van der Waals surface area contributed by atoms with Crippen LogP contribution in [0.1, 0.15) is 30.9 Å². The lowest BCUT2D eigenvalue weighted by molar-refractivity contribution is -0.111. The Bertz CT molecular complexity index is 727. The number of benzene rings is 1. The zero-order chi connectivity index (χ0) is 17.5. The van der Waals surface area contributed by atoms with Gasteiger partial charge >= 0.3 is 0 Å². The van der Waals surface area contributed by atoms with Crippen LogP contribution < -0.4 is 9.47 Å². The summed E-state index contributed by atoms with van der Waals surface area (Å²) in [5.74, 6) is 1.39. The Morgan fingerprint density at radius 2 is 2.04 bits per heavy atom. The number of hydrogen-bond acceptors (Lipinski definition) is 4. The molecule has 1 aliphatic rings. The second kappa shape index (κ2) is 8.60. The van der Waals surface area contributed by atoms with E-state index in [0.29, 0.717) is 17.7 Å². The molecule has 0 unspecified atom stereocenters. The van der Waals surface area contributed by atoms with Crippen LogP contribution in [0, 0.1) is 0 Å². The lowest BCUT2D eigenvalue weighted by atomic mass is 10.0. The van der Waals surface area contributed by atoms with Crippen molar-refractivity contribution in [3.63, 3.8) is 0 Å². The van der Waals surface area contributed by atoms with Gasteiger partial charge in [0.05, 0.1) is 19.8 Å². The molecule has 0 saturated heterocycles. The van der Waals surface area contributed by atoms with Gasteiger partial charge in [-0.2, -0.15) is 0 Å². The lowest BCUT2D eigenvalue weighted by Crippen LogP contribution is -2.02. The van der Waals surface area contributed by atoms with E-state index in [-0.39, 0.29) is 5.78 Å². The van der Waals surface area contributed by atoms with Crippen molar-refractivity contribution in [1.29, 1.82) is 0 Å². The second-order valence-corrected chi connectivity index (χ2v) is 6.01. The van der Waals surface area contributed by atoms with Gasteiger partial charge in [0.25, 0.3) is 0 Å². The molecule has 0 fully saturated rings. The fourth-order valence-corrected chi connectivity index (χ4v) is 2.79. The number of hydrogen-bond donors (Lipinski definition) is 0. The van der Waals surface area contributed by atoms with Crippen molar-refractivity contribution in [3.8, 4) is 11.5 Å². The van der Waals surface area contributed by atoms with Gasteiger partial charge in [0, 0.05) is 16.9 Å². The molecule has 1 aromatic rings. The molecule has 2 rings (SSSR count). The van der Waals surface area contributed by atoms with Crippen molar-refractivity contribution in [3.05, 3.63) is 53.1 Å². The Morgan fingerprint density at radius 3 is 2.62 bits per heavy atom. The first-order valence-electron chi connectivity index (χ1n) is 7.98. The van der Waals surface area contributed by atoms with Crippen LogP contribution in [0.2, 0.25) is 0 Å². The Morgan fingerprint density at radius 1 is 1.25 bits per heavy atom. The molecule has 1 aromatic carbocycles. The molecule has 0 aromatic heterocycles. The molecule has 4 heteroatoms. The molecule has 0 amide bonds. The molecule has 0 atom stereocenters. The monoisotopic (exact) mass is 342 g/mol. The first kappa shape index (κ1) is 18.1. The highest BCUT2D eigenvalue weighted by molar-refractivity contribution is 7.80. The molecule has 3 nitrogen and oxygen atoms in total. The van der Waals surface area contributed by atoms with Crippen LogP contribution in [0.3, 0.4) is 0 Å². The van der Waals surface area contributed by atoms with Gasteiger partial charge in [0.15, 0.2) is 5.78 Å². The number of rotatable bonds is 7. The SMILES string of the molecule is CCCc1ccc(OC)c(C=CC(=O)C2=CCC(=S)C=C2)c1OC. The van der Waals surface area contributed by atoms with Gasteiger partial charge < -0.3 is 9.47 Å². The number of aryl methyl sites for hydroxylation is 1. The number of ketones is 1. The first-order chi connectivity index (χ1) is 11.6. The predicted octanol–water partition coefficient (Wildman–Crippen LogP) is 4.49. The lowest BCUT2D eigenvalue weighted by Gasteiger charge is -2.14. The largest absolute Gasteiger partial charge is 0.496 e. The topological polar surface area (TPSA) is 35.5 Å². The molecule has 0 bridgehead atoms. The molecule has 0 N–H and O–H groups in total. The summed E-state index contributed by atoms with van der Waals surface area (Å²) in [7, 11) is 3.25. The van der Waals surface area contributed by atoms with Gasteiger partial charge in [-0.25, -0.2) is 0 Å². The summed E-state index contributed by atoms with van der Waals surface area (Å²) in [5, 5.41) is 0. The number of thiocarbonyl (C=S) groups is 1. The molecular formula is C20H22O3S. The Balaban J connectivity index is 2.33. The van der Waals surface area contributed by atoms with Crippen molar-refractivity contribution in [2.45, 2.75) is 26.2 Å². The van der Waals surface area contributed by atoms with E-state index in [4.69, 9.17) is 21.7 Å². The van der Waals surface area contributed by atoms with Crippen LogP contribution in [0.15, 0.2) is 42.0 Å². The maximum Gasteiger partial charge on any atom is 0.185 e. The smallest absolute Gasteiger partial charge is 0.185 e. The van der Waals surface area contributed by atoms with E-state index in [1.165, 1.54) is 0 Å². The van der Waals surface area contributed by atoms with Crippen LogP contribution in [0.25, 0.3) is 6.08 Å². The number of ether oxygens (including phenoxy) is 2. The second-order valence-electron chi connectivity index (χ2n) is 5.48. The van der Waals surface area contributed by atoms with Crippen molar-refractivity contribution in [2.24, 2.45) is 0 Å². The highest BCUT2D eigenvalue weighted by atomic mass is 32.1. The highest BCUT2D eigenvalue weighted by Gasteiger charge is 2.13. The third kappa shape index (κ3) is 4.20. The van der Waals surface area contributed by atoms with Crippen molar-refractivity contribution < 1.29 is 14.3 Å². The van der Waals surface area contributed by atoms with E-state index in [1.54, 1.807) is 38.5 Å². The standard InChI is InChI=1S/C20H22O3S/c1-4-5-15-8-13-19(22-2)17(20(15)23-3)11-12-18(21)14-6-9-16(24)10-7-14/h6-9,11-13H,4-5,10H2,1-3H3. The van der Waals surface area contributed by atoms with E-state index in [9.17, 15) is 4.79 Å². The Hall–Kier alpha value is -2.20. The van der Waals surface area contributed by atoms with E-state index in [1.807, 2.05) is 18.2 Å². The number of allylic oxidation sites excluding steroid dienone is 5. The minimum atomic E-state index is -0.0567. The van der Waals surface area contributed by atoms with Crippen LogP contribution >= 0.6 is 12.2 Å². The first-order valence-corrected chi connectivity index (χ1v) is 8.38. The molecule has 1 aliphatic carbocycles. The van der Waals surface area contributed by atoms with Crippen LogP contribution in [-0.2, 0) is 11.2 Å². The van der Waals surface area contributed by atoms with Gasteiger partial charge in [0.1, 0.15) is 11.5 Å². The van der Waals surface area contributed by atoms with Crippen molar-refractivity contribution in [2.75, 3.05) is 14.2 Å². The van der Waals surface area contributed by atoms with Crippen LogP contribution in [0.4, 0.5) is 0 Å². The molecule has 0 radical (unpaired) electrons. The van der Waals surface area contributed by atoms with E-state index in [0.717, 1.165) is 34.6 Å². The molecule has 126 valence electrons. The summed E-state index contributed by atoms with van der Waals surface area (Å²) in [6.07, 6.45) is 11.3. The zero-order valence-electron chi connectivity index (χ0n) is 14.3. The van der Waals surface area contributed by atoms with Gasteiger partial charge in [-0.15, -0.1) is 0 Å². The molecule has 0 heterocycles. The summed E-state index contributed by atoms with van der Waals surface area (Å²) >= 11 is 5.10. The van der Waals surface area contributed by atoms with E-state index >= 15 is 0 Å². The summed E-state index contributed by atoms with van der Waals surface area (Å²) < 4.78 is 11.0. The van der Waals surface area contributed by atoms with Crippen LogP contribution in [0.5, 0.6) is 11.5 Å². The average Bonchev–Trinajstić information content (AvgIpc) is 2.60. The number of methoxy groups -OCH3 is 2. The minimum Gasteiger partial charge on any atom is -0.496 e. The fourth-order valence-electron chi connectivity index (χ4n) is 2.64. The minimum absolute atomic E-state index is 0.0567. The van der Waals surface area contributed by atoms with Crippen molar-refractivity contribution >= 4 is 28.9 Å². The van der Waals surface area contributed by atoms with Crippen LogP contribution in [-0.4, -0.2) is 24.9 Å². The highest BCUT2D eigenvalue weighted by Crippen LogP contribution is 2.34. The van der Waals surface area contributed by atoms with E-state index < -0.39 is 0 Å². The van der Waals surface area contributed by atoms with Gasteiger partial charge in [0.2, 0.25) is 0 Å². The number of carbonyl (C=O) groups is 1. The van der Waals surface area contributed by atoms with Gasteiger partial charge in [-0.1, -0.05) is 43.8 Å². The molecule has 0 saturated carbocycles.